The number of rotatable bonds is 6. The van der Waals surface area contributed by atoms with Crippen molar-refractivity contribution in [1.29, 1.82) is 0 Å². The summed E-state index contributed by atoms with van der Waals surface area (Å²) in [6.07, 6.45) is -0.467. The first kappa shape index (κ1) is 18.2. The van der Waals surface area contributed by atoms with E-state index in [0.29, 0.717) is 12.3 Å². The van der Waals surface area contributed by atoms with Crippen LogP contribution >= 0.6 is 11.3 Å². The van der Waals surface area contributed by atoms with Gasteiger partial charge >= 0.3 is 6.09 Å². The van der Waals surface area contributed by atoms with E-state index in [2.05, 4.69) is 10.3 Å². The quantitative estimate of drug-likeness (QED) is 0.836. The number of para-hydroxylation sites is 1. The predicted molar refractivity (Wildman–Crippen MR) is 93.2 cm³/mol. The van der Waals surface area contributed by atoms with Crippen LogP contribution in [0.15, 0.2) is 29.6 Å². The van der Waals surface area contributed by atoms with Crippen LogP contribution in [0.25, 0.3) is 11.3 Å². The smallest absolute Gasteiger partial charge is 0.408 e. The van der Waals surface area contributed by atoms with Crippen molar-refractivity contribution in [1.82, 2.24) is 10.3 Å². The molecule has 1 amide bonds. The fourth-order valence-electron chi connectivity index (χ4n) is 1.94. The normalized spacial score (nSPS) is 11.2. The number of aromatic nitrogens is 1. The van der Waals surface area contributed by atoms with E-state index in [1.165, 1.54) is 11.3 Å². The lowest BCUT2D eigenvalue weighted by Gasteiger charge is -2.19. The van der Waals surface area contributed by atoms with E-state index in [-0.39, 0.29) is 13.2 Å². The summed E-state index contributed by atoms with van der Waals surface area (Å²) in [5.74, 6) is 0.670. The molecule has 0 bridgehead atoms. The topological polar surface area (TPSA) is 80.7 Å². The van der Waals surface area contributed by atoms with Gasteiger partial charge in [-0.2, -0.15) is 0 Å². The van der Waals surface area contributed by atoms with Crippen molar-refractivity contribution in [2.75, 3.05) is 13.2 Å². The number of hydrogen-bond donors (Lipinski definition) is 2. The number of aliphatic hydroxyl groups excluding tert-OH is 1. The van der Waals surface area contributed by atoms with Crippen LogP contribution in [0.4, 0.5) is 4.79 Å². The van der Waals surface area contributed by atoms with E-state index in [1.54, 1.807) is 0 Å². The largest absolute Gasteiger partial charge is 0.490 e. The second-order valence-corrected chi connectivity index (χ2v) is 6.99. The number of ether oxygens (including phenoxy) is 2. The van der Waals surface area contributed by atoms with Crippen LogP contribution in [0.3, 0.4) is 0 Å². The third kappa shape index (κ3) is 5.50. The summed E-state index contributed by atoms with van der Waals surface area (Å²) in [6.45, 7) is 5.94. The van der Waals surface area contributed by atoms with Gasteiger partial charge in [0.05, 0.1) is 18.8 Å². The molecule has 0 aliphatic rings. The molecule has 2 N–H and O–H groups in total. The maximum atomic E-state index is 11.7. The van der Waals surface area contributed by atoms with Crippen molar-refractivity contribution in [3.05, 3.63) is 34.7 Å². The van der Waals surface area contributed by atoms with E-state index in [1.807, 2.05) is 50.4 Å². The van der Waals surface area contributed by atoms with Gasteiger partial charge in [-0.1, -0.05) is 12.1 Å². The number of thiazole rings is 1. The summed E-state index contributed by atoms with van der Waals surface area (Å²) in [6, 6.07) is 7.52. The highest BCUT2D eigenvalue weighted by Gasteiger charge is 2.16. The number of alkyl carbamates (subject to hydrolysis) is 1. The Morgan fingerprint density at radius 3 is 2.79 bits per heavy atom. The van der Waals surface area contributed by atoms with Crippen molar-refractivity contribution in [2.24, 2.45) is 0 Å². The number of carbonyl (C=O) groups excluding carboxylic acids is 1. The number of carbonyl (C=O) groups is 1. The minimum atomic E-state index is -0.527. The number of amides is 1. The lowest BCUT2D eigenvalue weighted by Crippen LogP contribution is -2.32. The molecule has 2 rings (SSSR count). The molecule has 6 nitrogen and oxygen atoms in total. The molecule has 0 atom stereocenters. The fraction of sp³-hybridized carbons (Fsp3) is 0.412. The Hall–Kier alpha value is -2.12. The Balaban J connectivity index is 2.02. The average Bonchev–Trinajstić information content (AvgIpc) is 2.98. The summed E-state index contributed by atoms with van der Waals surface area (Å²) in [7, 11) is 0. The van der Waals surface area contributed by atoms with Crippen LogP contribution in [0.2, 0.25) is 0 Å². The first-order valence-electron chi connectivity index (χ1n) is 7.63. The molecule has 1 heterocycles. The molecular formula is C17H22N2O4S. The molecule has 0 aliphatic carbocycles. The molecule has 0 saturated carbocycles. The standard InChI is InChI=1S/C17H22N2O4S/c1-17(2,3)23-16(21)18-10-15-19-13(11-24-15)12-6-4-5-7-14(12)22-9-8-20/h4-7,11,20H,8-10H2,1-3H3,(H,18,21). The highest BCUT2D eigenvalue weighted by atomic mass is 32.1. The minimum absolute atomic E-state index is 0.0452. The number of aliphatic hydroxyl groups is 1. The molecule has 24 heavy (non-hydrogen) atoms. The summed E-state index contributed by atoms with van der Waals surface area (Å²) < 4.78 is 10.7. The third-order valence-corrected chi connectivity index (χ3v) is 3.70. The van der Waals surface area contributed by atoms with Crippen LogP contribution in [0.1, 0.15) is 25.8 Å². The molecule has 0 spiro atoms. The second-order valence-electron chi connectivity index (χ2n) is 6.05. The van der Waals surface area contributed by atoms with Crippen molar-refractivity contribution >= 4 is 17.4 Å². The predicted octanol–water partition coefficient (Wildman–Crippen LogP) is 3.21. The first-order valence-corrected chi connectivity index (χ1v) is 8.51. The van der Waals surface area contributed by atoms with Gasteiger partial charge < -0.3 is 19.9 Å². The number of nitrogens with zero attached hydrogens (tertiary/aromatic N) is 1. The highest BCUT2D eigenvalue weighted by Crippen LogP contribution is 2.30. The van der Waals surface area contributed by atoms with Gasteiger partial charge in [0.2, 0.25) is 0 Å². The van der Waals surface area contributed by atoms with E-state index < -0.39 is 11.7 Å². The third-order valence-electron chi connectivity index (χ3n) is 2.85. The van der Waals surface area contributed by atoms with E-state index in [0.717, 1.165) is 16.3 Å². The molecule has 0 aliphatic heterocycles. The van der Waals surface area contributed by atoms with Crippen molar-refractivity contribution in [3.63, 3.8) is 0 Å². The number of benzene rings is 1. The number of hydrogen-bond acceptors (Lipinski definition) is 6. The molecule has 0 unspecified atom stereocenters. The van der Waals surface area contributed by atoms with Crippen LogP contribution < -0.4 is 10.1 Å². The van der Waals surface area contributed by atoms with Crippen LogP contribution in [0, 0.1) is 0 Å². The zero-order valence-corrected chi connectivity index (χ0v) is 14.9. The van der Waals surface area contributed by atoms with Gasteiger partial charge in [0.1, 0.15) is 23.0 Å². The Kier molecular flexibility index (Phi) is 6.16. The van der Waals surface area contributed by atoms with Crippen molar-refractivity contribution < 1.29 is 19.4 Å². The van der Waals surface area contributed by atoms with E-state index in [9.17, 15) is 4.79 Å². The molecular weight excluding hydrogens is 328 g/mol. The molecule has 0 saturated heterocycles. The summed E-state index contributed by atoms with van der Waals surface area (Å²) in [4.78, 5) is 16.2. The molecule has 2 aromatic rings. The van der Waals surface area contributed by atoms with Crippen LogP contribution in [-0.2, 0) is 11.3 Å². The zero-order chi connectivity index (χ0) is 17.6. The van der Waals surface area contributed by atoms with Gasteiger partial charge in [0.25, 0.3) is 0 Å². The molecule has 7 heteroatoms. The first-order chi connectivity index (χ1) is 11.4. The minimum Gasteiger partial charge on any atom is -0.490 e. The SMILES string of the molecule is CC(C)(C)OC(=O)NCc1nc(-c2ccccc2OCCO)cs1. The molecule has 130 valence electrons. The Bertz CT molecular complexity index is 679. The van der Waals surface area contributed by atoms with Crippen LogP contribution in [-0.4, -0.2) is 35.0 Å². The molecule has 0 fully saturated rings. The Labute approximate surface area is 145 Å². The lowest BCUT2D eigenvalue weighted by molar-refractivity contribution is 0.0523. The number of nitrogens with one attached hydrogen (secondary N) is 1. The van der Waals surface area contributed by atoms with Gasteiger partial charge in [0, 0.05) is 10.9 Å². The maximum Gasteiger partial charge on any atom is 0.408 e. The van der Waals surface area contributed by atoms with E-state index in [4.69, 9.17) is 14.6 Å². The zero-order valence-electron chi connectivity index (χ0n) is 14.0. The van der Waals surface area contributed by atoms with Crippen LogP contribution in [0.5, 0.6) is 5.75 Å². The average molecular weight is 350 g/mol. The van der Waals surface area contributed by atoms with Crippen molar-refractivity contribution in [2.45, 2.75) is 32.9 Å². The van der Waals surface area contributed by atoms with Gasteiger partial charge in [-0.05, 0) is 32.9 Å². The molecule has 1 aromatic carbocycles. The van der Waals surface area contributed by atoms with E-state index >= 15 is 0 Å². The van der Waals surface area contributed by atoms with Gasteiger partial charge in [-0.25, -0.2) is 9.78 Å². The van der Waals surface area contributed by atoms with Gasteiger partial charge in [-0.3, -0.25) is 0 Å². The second kappa shape index (κ2) is 8.12. The van der Waals surface area contributed by atoms with Gasteiger partial charge in [-0.15, -0.1) is 11.3 Å². The Morgan fingerprint density at radius 2 is 2.08 bits per heavy atom. The monoisotopic (exact) mass is 350 g/mol. The summed E-state index contributed by atoms with van der Waals surface area (Å²) >= 11 is 1.45. The summed E-state index contributed by atoms with van der Waals surface area (Å²) in [5.41, 5.74) is 1.10. The van der Waals surface area contributed by atoms with Crippen molar-refractivity contribution in [3.8, 4) is 17.0 Å². The molecule has 0 radical (unpaired) electrons. The molecule has 1 aromatic heterocycles. The summed E-state index contributed by atoms with van der Waals surface area (Å²) in [5, 5.41) is 14.3. The fourth-order valence-corrected chi connectivity index (χ4v) is 2.67. The lowest BCUT2D eigenvalue weighted by atomic mass is 10.1. The maximum absolute atomic E-state index is 11.7. The Morgan fingerprint density at radius 1 is 1.33 bits per heavy atom. The highest BCUT2D eigenvalue weighted by molar-refractivity contribution is 7.09. The van der Waals surface area contributed by atoms with Gasteiger partial charge in [0.15, 0.2) is 0 Å².